The number of carbonyl (C=O) groups is 2. The molecule has 29 heavy (non-hydrogen) atoms. The summed E-state index contributed by atoms with van der Waals surface area (Å²) in [5.41, 5.74) is 3.03. The third-order valence-corrected chi connectivity index (χ3v) is 5.63. The van der Waals surface area contributed by atoms with Gasteiger partial charge in [0.25, 0.3) is 0 Å². The van der Waals surface area contributed by atoms with Crippen molar-refractivity contribution in [1.29, 1.82) is 0 Å². The van der Waals surface area contributed by atoms with Crippen LogP contribution in [0.15, 0.2) is 53.9 Å². The number of hydrogen-bond acceptors (Lipinski definition) is 6. The molecule has 0 saturated carbocycles. The molecule has 144 valence electrons. The van der Waals surface area contributed by atoms with Gasteiger partial charge in [0.2, 0.25) is 11.8 Å². The van der Waals surface area contributed by atoms with Crippen molar-refractivity contribution in [3.63, 3.8) is 0 Å². The van der Waals surface area contributed by atoms with Gasteiger partial charge in [-0.25, -0.2) is 0 Å². The molecule has 0 spiro atoms. The molecule has 9 heteroatoms. The Labute approximate surface area is 169 Å². The van der Waals surface area contributed by atoms with Gasteiger partial charge in [0.05, 0.1) is 10.6 Å². The fourth-order valence-corrected chi connectivity index (χ4v) is 3.96. The summed E-state index contributed by atoms with van der Waals surface area (Å²) in [4.78, 5) is 24.5. The van der Waals surface area contributed by atoms with E-state index in [-0.39, 0.29) is 11.8 Å². The molecule has 4 heterocycles. The predicted molar refractivity (Wildman–Crippen MR) is 109 cm³/mol. The zero-order chi connectivity index (χ0) is 19.8. The molecular formula is C20H16N6O2S. The smallest absolute Gasteiger partial charge is 0.246 e. The summed E-state index contributed by atoms with van der Waals surface area (Å²) in [6.45, 7) is 0. The second-order valence-electron chi connectivity index (χ2n) is 6.71. The molecule has 2 N–H and O–H groups in total. The SMILES string of the molecule is O=C1CCC(C(=O)Nc2ccc(-c3ccc4nnc(-c5cccs5)n4n3)cc2)N1. The van der Waals surface area contributed by atoms with E-state index in [1.54, 1.807) is 15.9 Å². The Morgan fingerprint density at radius 3 is 2.72 bits per heavy atom. The Morgan fingerprint density at radius 1 is 1.14 bits per heavy atom. The quantitative estimate of drug-likeness (QED) is 0.545. The lowest BCUT2D eigenvalue weighted by Crippen LogP contribution is -2.37. The summed E-state index contributed by atoms with van der Waals surface area (Å²) < 4.78 is 1.74. The molecule has 1 atom stereocenters. The van der Waals surface area contributed by atoms with Gasteiger partial charge in [0, 0.05) is 17.7 Å². The van der Waals surface area contributed by atoms with E-state index in [0.717, 1.165) is 16.1 Å². The maximum atomic E-state index is 12.2. The number of hydrogen-bond donors (Lipinski definition) is 2. The molecule has 1 fully saturated rings. The summed E-state index contributed by atoms with van der Waals surface area (Å²) in [5.74, 6) is 0.422. The number of aromatic nitrogens is 4. The van der Waals surface area contributed by atoms with Crippen molar-refractivity contribution in [1.82, 2.24) is 25.1 Å². The maximum absolute atomic E-state index is 12.2. The largest absolute Gasteiger partial charge is 0.344 e. The first-order valence-corrected chi connectivity index (χ1v) is 10.0. The number of anilines is 1. The van der Waals surface area contributed by atoms with E-state index in [2.05, 4.69) is 25.9 Å². The Morgan fingerprint density at radius 2 is 2.00 bits per heavy atom. The number of fused-ring (bicyclic) bond motifs is 1. The number of nitrogens with zero attached hydrogens (tertiary/aromatic N) is 4. The first-order chi connectivity index (χ1) is 14.2. The van der Waals surface area contributed by atoms with Crippen LogP contribution in [0.4, 0.5) is 5.69 Å². The van der Waals surface area contributed by atoms with Crippen LogP contribution in [0.5, 0.6) is 0 Å². The van der Waals surface area contributed by atoms with Crippen LogP contribution in [0.3, 0.4) is 0 Å². The lowest BCUT2D eigenvalue weighted by atomic mass is 10.1. The van der Waals surface area contributed by atoms with Crippen LogP contribution < -0.4 is 10.6 Å². The molecule has 5 rings (SSSR count). The fourth-order valence-electron chi connectivity index (χ4n) is 3.27. The summed E-state index contributed by atoms with van der Waals surface area (Å²) in [7, 11) is 0. The third kappa shape index (κ3) is 3.36. The predicted octanol–water partition coefficient (Wildman–Crippen LogP) is 2.74. The van der Waals surface area contributed by atoms with E-state index in [1.807, 2.05) is 53.9 Å². The molecule has 2 amide bonds. The van der Waals surface area contributed by atoms with Crippen molar-refractivity contribution in [3.8, 4) is 22.0 Å². The van der Waals surface area contributed by atoms with Crippen molar-refractivity contribution in [2.75, 3.05) is 5.32 Å². The highest BCUT2D eigenvalue weighted by Gasteiger charge is 2.27. The second-order valence-corrected chi connectivity index (χ2v) is 7.66. The number of nitrogens with one attached hydrogen (secondary N) is 2. The normalized spacial score (nSPS) is 16.1. The highest BCUT2D eigenvalue weighted by Crippen LogP contribution is 2.25. The fraction of sp³-hybridized carbons (Fsp3) is 0.150. The first-order valence-electron chi connectivity index (χ1n) is 9.14. The summed E-state index contributed by atoms with van der Waals surface area (Å²) in [5, 5.41) is 20.6. The van der Waals surface area contributed by atoms with Crippen LogP contribution >= 0.6 is 11.3 Å². The van der Waals surface area contributed by atoms with Crippen molar-refractivity contribution in [2.24, 2.45) is 0 Å². The minimum absolute atomic E-state index is 0.0853. The van der Waals surface area contributed by atoms with E-state index in [0.29, 0.717) is 30.0 Å². The average Bonchev–Trinajstić information content (AvgIpc) is 3.48. The molecule has 3 aromatic heterocycles. The van der Waals surface area contributed by atoms with Crippen molar-refractivity contribution < 1.29 is 9.59 Å². The number of rotatable bonds is 4. The molecule has 0 radical (unpaired) electrons. The molecular weight excluding hydrogens is 388 g/mol. The Hall–Kier alpha value is -3.59. The second kappa shape index (κ2) is 7.10. The zero-order valence-corrected chi connectivity index (χ0v) is 16.0. The van der Waals surface area contributed by atoms with Gasteiger partial charge >= 0.3 is 0 Å². The number of thiophene rings is 1. The molecule has 1 aliphatic rings. The van der Waals surface area contributed by atoms with Gasteiger partial charge in [-0.05, 0) is 42.1 Å². The highest BCUT2D eigenvalue weighted by molar-refractivity contribution is 7.13. The monoisotopic (exact) mass is 404 g/mol. The topological polar surface area (TPSA) is 101 Å². The maximum Gasteiger partial charge on any atom is 0.246 e. The van der Waals surface area contributed by atoms with Crippen LogP contribution in [-0.4, -0.2) is 37.7 Å². The van der Waals surface area contributed by atoms with Gasteiger partial charge in [-0.15, -0.1) is 21.5 Å². The molecule has 1 aliphatic heterocycles. The minimum atomic E-state index is -0.462. The lowest BCUT2D eigenvalue weighted by Gasteiger charge is -2.11. The van der Waals surface area contributed by atoms with Gasteiger partial charge in [0.15, 0.2) is 11.5 Å². The zero-order valence-electron chi connectivity index (χ0n) is 15.2. The van der Waals surface area contributed by atoms with Crippen molar-refractivity contribution in [2.45, 2.75) is 18.9 Å². The Balaban J connectivity index is 1.38. The molecule has 1 unspecified atom stereocenters. The number of carbonyl (C=O) groups excluding carboxylic acids is 2. The van der Waals surface area contributed by atoms with Crippen LogP contribution in [0.2, 0.25) is 0 Å². The first kappa shape index (κ1) is 17.5. The van der Waals surface area contributed by atoms with Gasteiger partial charge in [-0.3, -0.25) is 9.59 Å². The molecule has 8 nitrogen and oxygen atoms in total. The standard InChI is InChI=1S/C20H16N6O2S/c27-18-10-8-15(22-18)20(28)21-13-5-3-12(4-6-13)14-7-9-17-23-24-19(26(17)25-14)16-2-1-11-29-16/h1-7,9,11,15H,8,10H2,(H,21,28)(H,22,27). The minimum Gasteiger partial charge on any atom is -0.344 e. The summed E-state index contributed by atoms with van der Waals surface area (Å²) in [6, 6.07) is 14.7. The van der Waals surface area contributed by atoms with Gasteiger partial charge in [-0.1, -0.05) is 18.2 Å². The molecule has 0 aliphatic carbocycles. The average molecular weight is 404 g/mol. The van der Waals surface area contributed by atoms with Crippen LogP contribution in [0.1, 0.15) is 12.8 Å². The molecule has 4 aromatic rings. The van der Waals surface area contributed by atoms with E-state index in [4.69, 9.17) is 0 Å². The van der Waals surface area contributed by atoms with E-state index in [1.165, 1.54) is 0 Å². The van der Waals surface area contributed by atoms with E-state index in [9.17, 15) is 9.59 Å². The third-order valence-electron chi connectivity index (χ3n) is 4.76. The molecule has 0 bridgehead atoms. The molecule has 1 aromatic carbocycles. The van der Waals surface area contributed by atoms with Crippen LogP contribution in [0.25, 0.3) is 27.6 Å². The van der Waals surface area contributed by atoms with Crippen molar-refractivity contribution in [3.05, 3.63) is 53.9 Å². The Kier molecular flexibility index (Phi) is 4.28. The van der Waals surface area contributed by atoms with E-state index >= 15 is 0 Å². The number of amides is 2. The van der Waals surface area contributed by atoms with Crippen molar-refractivity contribution >= 4 is 34.5 Å². The van der Waals surface area contributed by atoms with Gasteiger partial charge < -0.3 is 10.6 Å². The molecule has 1 saturated heterocycles. The van der Waals surface area contributed by atoms with Gasteiger partial charge in [0.1, 0.15) is 6.04 Å². The Bertz CT molecular complexity index is 1200. The lowest BCUT2D eigenvalue weighted by molar-refractivity contribution is -0.122. The van der Waals surface area contributed by atoms with Crippen LogP contribution in [0, 0.1) is 0 Å². The van der Waals surface area contributed by atoms with Gasteiger partial charge in [-0.2, -0.15) is 9.61 Å². The van der Waals surface area contributed by atoms with E-state index < -0.39 is 6.04 Å². The number of benzene rings is 1. The van der Waals surface area contributed by atoms with Crippen LogP contribution in [-0.2, 0) is 9.59 Å². The summed E-state index contributed by atoms with van der Waals surface area (Å²) >= 11 is 1.59. The highest BCUT2D eigenvalue weighted by atomic mass is 32.1. The summed E-state index contributed by atoms with van der Waals surface area (Å²) in [6.07, 6.45) is 0.917.